The summed E-state index contributed by atoms with van der Waals surface area (Å²) in [7, 11) is 0. The molecule has 6 nitrogen and oxygen atoms in total. The van der Waals surface area contributed by atoms with Gasteiger partial charge < -0.3 is 5.32 Å². The minimum Gasteiger partial charge on any atom is -0.326 e. The van der Waals surface area contributed by atoms with Gasteiger partial charge >= 0.3 is 0 Å². The Labute approximate surface area is 187 Å². The highest BCUT2D eigenvalue weighted by molar-refractivity contribution is 7.15. The summed E-state index contributed by atoms with van der Waals surface area (Å²) in [5, 5.41) is 15.4. The molecule has 7 heteroatoms. The number of rotatable bonds is 10. The van der Waals surface area contributed by atoms with Crippen molar-refractivity contribution in [3.05, 3.63) is 70.7 Å². The van der Waals surface area contributed by atoms with Crippen molar-refractivity contribution < 1.29 is 9.59 Å². The minimum atomic E-state index is -0.273. The van der Waals surface area contributed by atoms with Crippen LogP contribution in [0.2, 0.25) is 0 Å². The Balaban J connectivity index is 1.54. The molecule has 0 radical (unpaired) electrons. The van der Waals surface area contributed by atoms with E-state index in [4.69, 9.17) is 0 Å². The lowest BCUT2D eigenvalue weighted by Crippen LogP contribution is -2.22. The van der Waals surface area contributed by atoms with E-state index in [1.54, 1.807) is 24.3 Å². The van der Waals surface area contributed by atoms with Gasteiger partial charge in [-0.15, -0.1) is 10.2 Å². The molecule has 0 atom stereocenters. The van der Waals surface area contributed by atoms with Crippen LogP contribution in [-0.4, -0.2) is 22.0 Å². The summed E-state index contributed by atoms with van der Waals surface area (Å²) in [6.45, 7) is 3.99. The van der Waals surface area contributed by atoms with E-state index in [2.05, 4.69) is 33.0 Å². The second-order valence-corrected chi connectivity index (χ2v) is 8.44. The van der Waals surface area contributed by atoms with Gasteiger partial charge in [0.15, 0.2) is 0 Å². The molecule has 0 aliphatic heterocycles. The number of nitrogens with one attached hydrogen (secondary N) is 2. The normalized spacial score (nSPS) is 10.8. The third-order valence-electron chi connectivity index (χ3n) is 5.13. The van der Waals surface area contributed by atoms with E-state index in [-0.39, 0.29) is 17.7 Å². The van der Waals surface area contributed by atoms with Crippen molar-refractivity contribution >= 4 is 34.0 Å². The fourth-order valence-electron chi connectivity index (χ4n) is 3.30. The molecule has 2 aromatic carbocycles. The Hall–Kier alpha value is -3.06. The van der Waals surface area contributed by atoms with E-state index in [0.29, 0.717) is 16.4 Å². The van der Waals surface area contributed by atoms with Crippen LogP contribution in [0.4, 0.5) is 10.8 Å². The molecule has 0 saturated heterocycles. The van der Waals surface area contributed by atoms with Crippen molar-refractivity contribution in [1.29, 1.82) is 0 Å². The number of hydrogen-bond donors (Lipinski definition) is 2. The van der Waals surface area contributed by atoms with Crippen LogP contribution in [0, 0.1) is 5.92 Å². The van der Waals surface area contributed by atoms with Crippen molar-refractivity contribution in [1.82, 2.24) is 10.2 Å². The smallest absolute Gasteiger partial charge is 0.257 e. The fourth-order valence-corrected chi connectivity index (χ4v) is 4.08. The summed E-state index contributed by atoms with van der Waals surface area (Å²) in [5.41, 5.74) is 2.38. The van der Waals surface area contributed by atoms with E-state index in [0.717, 1.165) is 37.1 Å². The monoisotopic (exact) mass is 436 g/mol. The number of benzene rings is 2. The highest BCUT2D eigenvalue weighted by Crippen LogP contribution is 2.20. The maximum Gasteiger partial charge on any atom is 0.257 e. The fraction of sp³-hybridized carbons (Fsp3) is 0.333. The van der Waals surface area contributed by atoms with Gasteiger partial charge in [-0.05, 0) is 49.4 Å². The van der Waals surface area contributed by atoms with Crippen molar-refractivity contribution in [2.75, 3.05) is 10.6 Å². The molecule has 0 aliphatic carbocycles. The number of carbonyl (C=O) groups excluding carboxylic acids is 2. The number of carbonyl (C=O) groups is 2. The molecular formula is C24H28N4O2S. The highest BCUT2D eigenvalue weighted by Gasteiger charge is 2.15. The van der Waals surface area contributed by atoms with Crippen LogP contribution < -0.4 is 10.6 Å². The summed E-state index contributed by atoms with van der Waals surface area (Å²) < 4.78 is 0. The maximum atomic E-state index is 12.6. The molecule has 0 bridgehead atoms. The van der Waals surface area contributed by atoms with E-state index in [1.807, 2.05) is 32.0 Å². The molecule has 3 rings (SSSR count). The minimum absolute atomic E-state index is 0.0215. The zero-order chi connectivity index (χ0) is 22.1. The Kier molecular flexibility index (Phi) is 8.29. The van der Waals surface area contributed by atoms with Gasteiger partial charge in [0.1, 0.15) is 5.01 Å². The van der Waals surface area contributed by atoms with Gasteiger partial charge in [0.2, 0.25) is 11.0 Å². The van der Waals surface area contributed by atoms with Crippen LogP contribution in [0.3, 0.4) is 0 Å². The molecule has 0 saturated carbocycles. The summed E-state index contributed by atoms with van der Waals surface area (Å²) in [5.74, 6) is -0.323. The van der Waals surface area contributed by atoms with Crippen LogP contribution in [0.15, 0.2) is 54.6 Å². The van der Waals surface area contributed by atoms with Crippen LogP contribution >= 0.6 is 11.3 Å². The van der Waals surface area contributed by atoms with E-state index < -0.39 is 0 Å². The van der Waals surface area contributed by atoms with Crippen molar-refractivity contribution in [3.63, 3.8) is 0 Å². The van der Waals surface area contributed by atoms with Crippen LogP contribution in [-0.2, 0) is 17.6 Å². The summed E-state index contributed by atoms with van der Waals surface area (Å²) >= 11 is 1.39. The van der Waals surface area contributed by atoms with Gasteiger partial charge in [-0.2, -0.15) is 0 Å². The van der Waals surface area contributed by atoms with Gasteiger partial charge in [-0.1, -0.05) is 61.6 Å². The standard InChI is InChI=1S/C24H28N4O2S/c1-3-18(4-2)22(29)25-20-14-9-13-19(16-20)23(30)26-24-28-27-21(31-24)15-8-12-17-10-6-5-7-11-17/h5-7,9-11,13-14,16,18H,3-4,8,12,15H2,1-2H3,(H,25,29)(H,26,28,30). The molecule has 1 heterocycles. The highest BCUT2D eigenvalue weighted by atomic mass is 32.1. The summed E-state index contributed by atoms with van der Waals surface area (Å²) in [6.07, 6.45) is 4.35. The SMILES string of the molecule is CCC(CC)C(=O)Nc1cccc(C(=O)Nc2nnc(CCCc3ccccc3)s2)c1. The first-order valence-electron chi connectivity index (χ1n) is 10.7. The Morgan fingerprint density at radius 2 is 1.71 bits per heavy atom. The number of amides is 2. The van der Waals surface area contributed by atoms with Crippen LogP contribution in [0.1, 0.15) is 54.0 Å². The number of aromatic nitrogens is 2. The molecule has 162 valence electrons. The molecule has 1 aromatic heterocycles. The maximum absolute atomic E-state index is 12.6. The second kappa shape index (κ2) is 11.4. The number of hydrogen-bond acceptors (Lipinski definition) is 5. The molecule has 2 N–H and O–H groups in total. The Morgan fingerprint density at radius 1 is 0.935 bits per heavy atom. The first-order valence-corrected chi connectivity index (χ1v) is 11.5. The molecule has 2 amide bonds. The molecular weight excluding hydrogens is 408 g/mol. The van der Waals surface area contributed by atoms with Gasteiger partial charge in [-0.25, -0.2) is 0 Å². The predicted molar refractivity (Wildman–Crippen MR) is 125 cm³/mol. The molecule has 0 spiro atoms. The number of nitrogens with zero attached hydrogens (tertiary/aromatic N) is 2. The second-order valence-electron chi connectivity index (χ2n) is 7.38. The van der Waals surface area contributed by atoms with Crippen molar-refractivity contribution in [2.24, 2.45) is 5.92 Å². The quantitative estimate of drug-likeness (QED) is 0.449. The first kappa shape index (κ1) is 22.6. The van der Waals surface area contributed by atoms with Gasteiger partial charge in [-0.3, -0.25) is 14.9 Å². The largest absolute Gasteiger partial charge is 0.326 e. The average Bonchev–Trinajstić information content (AvgIpc) is 3.22. The van der Waals surface area contributed by atoms with E-state index in [9.17, 15) is 9.59 Å². The van der Waals surface area contributed by atoms with Gasteiger partial charge in [0.05, 0.1) is 0 Å². The molecule has 0 aliphatic rings. The third kappa shape index (κ3) is 6.72. The van der Waals surface area contributed by atoms with Crippen LogP contribution in [0.25, 0.3) is 0 Å². The predicted octanol–water partition coefficient (Wildman–Crippen LogP) is 5.34. The Bertz CT molecular complexity index is 1000. The lowest BCUT2D eigenvalue weighted by Gasteiger charge is -2.13. The molecule has 3 aromatic rings. The van der Waals surface area contributed by atoms with E-state index >= 15 is 0 Å². The zero-order valence-electron chi connectivity index (χ0n) is 17.9. The number of anilines is 2. The van der Waals surface area contributed by atoms with Crippen LogP contribution in [0.5, 0.6) is 0 Å². The zero-order valence-corrected chi connectivity index (χ0v) is 18.7. The van der Waals surface area contributed by atoms with Gasteiger partial charge in [0, 0.05) is 23.6 Å². The topological polar surface area (TPSA) is 84.0 Å². The summed E-state index contributed by atoms with van der Waals surface area (Å²) in [4.78, 5) is 24.9. The van der Waals surface area contributed by atoms with Gasteiger partial charge in [0.25, 0.3) is 5.91 Å². The lowest BCUT2D eigenvalue weighted by molar-refractivity contribution is -0.120. The first-order chi connectivity index (χ1) is 15.1. The summed E-state index contributed by atoms with van der Waals surface area (Å²) in [6, 6.07) is 17.3. The van der Waals surface area contributed by atoms with Crippen molar-refractivity contribution in [3.8, 4) is 0 Å². The number of aryl methyl sites for hydroxylation is 2. The van der Waals surface area contributed by atoms with E-state index in [1.165, 1.54) is 16.9 Å². The average molecular weight is 437 g/mol. The third-order valence-corrected chi connectivity index (χ3v) is 6.03. The molecule has 31 heavy (non-hydrogen) atoms. The molecule has 0 fully saturated rings. The lowest BCUT2D eigenvalue weighted by atomic mass is 10.0. The Morgan fingerprint density at radius 3 is 2.45 bits per heavy atom. The van der Waals surface area contributed by atoms with Crippen molar-refractivity contribution in [2.45, 2.75) is 46.0 Å². The molecule has 0 unspecified atom stereocenters.